The molecular weight excluding hydrogens is 371 g/mol. The van der Waals surface area contributed by atoms with E-state index in [1.165, 1.54) is 16.7 Å². The van der Waals surface area contributed by atoms with Crippen LogP contribution in [0.4, 0.5) is 0 Å². The number of rotatable bonds is 10. The molecule has 4 nitrogen and oxygen atoms in total. The number of halogens is 2. The molecule has 2 aromatic carbocycles. The fourth-order valence-electron chi connectivity index (χ4n) is 2.27. The van der Waals surface area contributed by atoms with Crippen molar-refractivity contribution in [2.75, 3.05) is 19.6 Å². The first-order chi connectivity index (χ1) is 11.6. The molecule has 0 saturated heterocycles. The Balaban J connectivity index is 0.00000312. The van der Waals surface area contributed by atoms with Gasteiger partial charge in [0.1, 0.15) is 12.4 Å². The summed E-state index contributed by atoms with van der Waals surface area (Å²) < 4.78 is 5.81. The van der Waals surface area contributed by atoms with Crippen molar-refractivity contribution in [1.82, 2.24) is 10.6 Å². The van der Waals surface area contributed by atoms with Crippen LogP contribution in [0.3, 0.4) is 0 Å². The molecule has 1 unspecified atom stereocenters. The molecule has 0 aliphatic rings. The van der Waals surface area contributed by atoms with Gasteiger partial charge in [-0.05, 0) is 37.1 Å². The van der Waals surface area contributed by atoms with Crippen LogP contribution in [0.2, 0.25) is 0 Å². The summed E-state index contributed by atoms with van der Waals surface area (Å²) in [4.78, 5) is 0. The van der Waals surface area contributed by atoms with Gasteiger partial charge in [0, 0.05) is 26.2 Å². The summed E-state index contributed by atoms with van der Waals surface area (Å²) in [6.07, 6.45) is -0.294. The van der Waals surface area contributed by atoms with Crippen LogP contribution in [0.5, 0.6) is 5.75 Å². The summed E-state index contributed by atoms with van der Waals surface area (Å²) >= 11 is 0. The maximum absolute atomic E-state index is 9.15. The molecule has 146 valence electrons. The van der Waals surface area contributed by atoms with Crippen LogP contribution in [-0.2, 0) is 13.2 Å². The van der Waals surface area contributed by atoms with Crippen LogP contribution in [0, 0.1) is 6.92 Å². The summed E-state index contributed by atoms with van der Waals surface area (Å²) in [6.45, 7) is 7.64. The number of ether oxygens (including phenoxy) is 1. The van der Waals surface area contributed by atoms with Gasteiger partial charge in [0.05, 0.1) is 6.10 Å². The Hall–Kier alpha value is -1.30. The van der Waals surface area contributed by atoms with E-state index < -0.39 is 0 Å². The summed E-state index contributed by atoms with van der Waals surface area (Å²) in [5, 5.41) is 15.7. The molecule has 0 radical (unpaired) electrons. The van der Waals surface area contributed by atoms with Gasteiger partial charge in [0.25, 0.3) is 0 Å². The van der Waals surface area contributed by atoms with E-state index in [0.29, 0.717) is 13.2 Å². The fraction of sp³-hybridized carbons (Fsp3) is 0.400. The number of hydrogen-bond donors (Lipinski definition) is 3. The zero-order chi connectivity index (χ0) is 17.2. The molecule has 2 rings (SSSR count). The molecule has 0 bridgehead atoms. The third-order valence-corrected chi connectivity index (χ3v) is 3.70. The Morgan fingerprint density at radius 2 is 1.46 bits per heavy atom. The molecule has 0 spiro atoms. The highest BCUT2D eigenvalue weighted by atomic mass is 35.5. The largest absolute Gasteiger partial charge is 0.489 e. The predicted octanol–water partition coefficient (Wildman–Crippen LogP) is 3.48. The van der Waals surface area contributed by atoms with Gasteiger partial charge in [0.15, 0.2) is 0 Å². The van der Waals surface area contributed by atoms with Crippen molar-refractivity contribution in [2.24, 2.45) is 0 Å². The lowest BCUT2D eigenvalue weighted by Crippen LogP contribution is -2.31. The molecule has 26 heavy (non-hydrogen) atoms. The average Bonchev–Trinajstić information content (AvgIpc) is 2.58. The molecule has 2 aromatic rings. The summed E-state index contributed by atoms with van der Waals surface area (Å²) in [5.74, 6) is 0.887. The lowest BCUT2D eigenvalue weighted by Gasteiger charge is -2.09. The monoisotopic (exact) mass is 400 g/mol. The third kappa shape index (κ3) is 10.00. The summed E-state index contributed by atoms with van der Waals surface area (Å²) in [6, 6.07) is 16.6. The van der Waals surface area contributed by atoms with Gasteiger partial charge >= 0.3 is 0 Å². The van der Waals surface area contributed by atoms with E-state index in [9.17, 15) is 0 Å². The van der Waals surface area contributed by atoms with Crippen molar-refractivity contribution in [1.29, 1.82) is 0 Å². The van der Waals surface area contributed by atoms with E-state index in [1.807, 2.05) is 12.1 Å². The highest BCUT2D eigenvalue weighted by molar-refractivity contribution is 5.85. The van der Waals surface area contributed by atoms with Crippen molar-refractivity contribution >= 4 is 24.8 Å². The van der Waals surface area contributed by atoms with Crippen LogP contribution in [-0.4, -0.2) is 30.8 Å². The maximum Gasteiger partial charge on any atom is 0.119 e. The molecule has 0 aliphatic carbocycles. The molecule has 0 aliphatic heterocycles. The number of hydrogen-bond acceptors (Lipinski definition) is 4. The Bertz CT molecular complexity index is 590. The highest BCUT2D eigenvalue weighted by Crippen LogP contribution is 2.14. The Kier molecular flexibility index (Phi) is 13.2. The van der Waals surface area contributed by atoms with Crippen LogP contribution >= 0.6 is 24.8 Å². The topological polar surface area (TPSA) is 53.5 Å². The minimum Gasteiger partial charge on any atom is -0.489 e. The van der Waals surface area contributed by atoms with Crippen molar-refractivity contribution in [3.63, 3.8) is 0 Å². The molecular formula is C20H30Cl2N2O2. The maximum atomic E-state index is 9.15. The van der Waals surface area contributed by atoms with Crippen molar-refractivity contribution in [3.8, 4) is 5.75 Å². The second-order valence-corrected chi connectivity index (χ2v) is 6.15. The fourth-order valence-corrected chi connectivity index (χ4v) is 2.27. The van der Waals surface area contributed by atoms with Crippen LogP contribution in [0.15, 0.2) is 48.5 Å². The first kappa shape index (κ1) is 24.7. The highest BCUT2D eigenvalue weighted by Gasteiger charge is 1.98. The van der Waals surface area contributed by atoms with Gasteiger partial charge in [-0.15, -0.1) is 24.8 Å². The van der Waals surface area contributed by atoms with Crippen LogP contribution in [0.1, 0.15) is 23.6 Å². The quantitative estimate of drug-likeness (QED) is 0.534. The smallest absolute Gasteiger partial charge is 0.119 e. The molecule has 0 saturated carbocycles. The second kappa shape index (κ2) is 13.8. The van der Waals surface area contributed by atoms with Gasteiger partial charge in [-0.1, -0.05) is 42.0 Å². The van der Waals surface area contributed by atoms with Crippen molar-refractivity contribution < 1.29 is 9.84 Å². The number of aliphatic hydroxyl groups is 1. The van der Waals surface area contributed by atoms with E-state index in [4.69, 9.17) is 9.84 Å². The molecule has 0 amide bonds. The van der Waals surface area contributed by atoms with Gasteiger partial charge in [-0.2, -0.15) is 0 Å². The molecule has 0 heterocycles. The van der Waals surface area contributed by atoms with Gasteiger partial charge in [0.2, 0.25) is 0 Å². The number of nitrogens with one attached hydrogen (secondary N) is 2. The van der Waals surface area contributed by atoms with Gasteiger partial charge in [-0.25, -0.2) is 0 Å². The van der Waals surface area contributed by atoms with Crippen molar-refractivity contribution in [3.05, 3.63) is 65.2 Å². The minimum atomic E-state index is -0.294. The molecule has 3 N–H and O–H groups in total. The zero-order valence-corrected chi connectivity index (χ0v) is 17.0. The summed E-state index contributed by atoms with van der Waals surface area (Å²) in [5.41, 5.74) is 3.67. The Morgan fingerprint density at radius 1 is 0.885 bits per heavy atom. The lowest BCUT2D eigenvalue weighted by molar-refractivity contribution is 0.191. The second-order valence-electron chi connectivity index (χ2n) is 6.15. The molecule has 6 heteroatoms. The Morgan fingerprint density at radius 3 is 2.08 bits per heavy atom. The first-order valence-corrected chi connectivity index (χ1v) is 8.50. The molecule has 1 atom stereocenters. The van der Waals surface area contributed by atoms with Gasteiger partial charge in [-0.3, -0.25) is 0 Å². The first-order valence-electron chi connectivity index (χ1n) is 8.50. The van der Waals surface area contributed by atoms with Crippen LogP contribution in [0.25, 0.3) is 0 Å². The van der Waals surface area contributed by atoms with E-state index >= 15 is 0 Å². The molecule has 0 fully saturated rings. The van der Waals surface area contributed by atoms with E-state index in [1.54, 1.807) is 6.92 Å². The van der Waals surface area contributed by atoms with Crippen LogP contribution < -0.4 is 15.4 Å². The number of aryl methyl sites for hydroxylation is 1. The average molecular weight is 401 g/mol. The van der Waals surface area contributed by atoms with E-state index in [0.717, 1.165) is 25.4 Å². The SMILES string of the molecule is Cc1ccc(COc2ccc(CNCCNCC(C)O)cc2)cc1.Cl.Cl. The predicted molar refractivity (Wildman–Crippen MR) is 113 cm³/mol. The Labute approximate surface area is 169 Å². The number of aliphatic hydroxyl groups excluding tert-OH is 1. The zero-order valence-electron chi connectivity index (χ0n) is 15.4. The normalized spacial score (nSPS) is 11.2. The standard InChI is InChI=1S/C20H28N2O2.2ClH/c1-16-3-5-19(6-4-16)15-24-20-9-7-18(8-10-20)14-22-12-11-21-13-17(2)23;;/h3-10,17,21-23H,11-15H2,1-2H3;2*1H. The van der Waals surface area contributed by atoms with E-state index in [2.05, 4.69) is 54.0 Å². The third-order valence-electron chi connectivity index (χ3n) is 3.70. The minimum absolute atomic E-state index is 0. The van der Waals surface area contributed by atoms with Gasteiger partial charge < -0.3 is 20.5 Å². The summed E-state index contributed by atoms with van der Waals surface area (Å²) in [7, 11) is 0. The van der Waals surface area contributed by atoms with Crippen molar-refractivity contribution in [2.45, 2.75) is 33.1 Å². The molecule has 0 aromatic heterocycles. The lowest BCUT2D eigenvalue weighted by atomic mass is 10.2. The number of benzene rings is 2. The van der Waals surface area contributed by atoms with E-state index in [-0.39, 0.29) is 30.9 Å².